The quantitative estimate of drug-likeness (QED) is 0.806. The van der Waals surface area contributed by atoms with Crippen LogP contribution in [-0.4, -0.2) is 29.2 Å². The summed E-state index contributed by atoms with van der Waals surface area (Å²) in [6.07, 6.45) is 0.807. The van der Waals surface area contributed by atoms with Crippen LogP contribution >= 0.6 is 0 Å². The molecule has 116 valence electrons. The van der Waals surface area contributed by atoms with E-state index in [1.165, 1.54) is 10.5 Å². The van der Waals surface area contributed by atoms with Crippen molar-refractivity contribution < 1.29 is 9.90 Å². The number of carbonyl (C=O) groups is 1. The van der Waals surface area contributed by atoms with Crippen molar-refractivity contribution in [2.24, 2.45) is 5.92 Å². The Bertz CT molecular complexity index is 735. The minimum Gasteiger partial charge on any atom is -0.465 e. The smallest absolute Gasteiger partial charge is 0.407 e. The van der Waals surface area contributed by atoms with E-state index < -0.39 is 6.09 Å². The van der Waals surface area contributed by atoms with Gasteiger partial charge in [0.1, 0.15) is 0 Å². The van der Waals surface area contributed by atoms with Crippen molar-refractivity contribution in [3.8, 4) is 23.0 Å². The van der Waals surface area contributed by atoms with Crippen molar-refractivity contribution in [1.29, 1.82) is 0 Å². The highest BCUT2D eigenvalue weighted by molar-refractivity contribution is 5.65. The zero-order valence-electron chi connectivity index (χ0n) is 12.9. The summed E-state index contributed by atoms with van der Waals surface area (Å²) in [6, 6.07) is 18.5. The van der Waals surface area contributed by atoms with Gasteiger partial charge < -0.3 is 10.0 Å². The molecule has 0 radical (unpaired) electrons. The number of hydrogen-bond acceptors (Lipinski definition) is 1. The molecule has 0 atom stereocenters. The van der Waals surface area contributed by atoms with Gasteiger partial charge >= 0.3 is 6.09 Å². The van der Waals surface area contributed by atoms with Gasteiger partial charge in [-0.2, -0.15) is 0 Å². The van der Waals surface area contributed by atoms with Gasteiger partial charge in [-0.1, -0.05) is 54.3 Å². The molecule has 3 rings (SSSR count). The Morgan fingerprint density at radius 2 is 1.70 bits per heavy atom. The number of piperidine rings is 1. The number of benzene rings is 2. The Balaban J connectivity index is 1.69. The van der Waals surface area contributed by atoms with Crippen LogP contribution in [0.3, 0.4) is 0 Å². The molecule has 0 aliphatic carbocycles. The molecule has 0 saturated carbocycles. The Kier molecular flexibility index (Phi) is 4.63. The monoisotopic (exact) mass is 305 g/mol. The first-order valence-corrected chi connectivity index (χ1v) is 7.87. The van der Waals surface area contributed by atoms with Crippen molar-refractivity contribution in [3.63, 3.8) is 0 Å². The molecule has 0 spiro atoms. The molecule has 1 heterocycles. The standard InChI is InChI=1S/C20H19NO2/c22-20(23)21-13-11-16(12-14-21)9-10-17-5-4-8-19(15-17)18-6-2-1-3-7-18/h1-8,15-16H,11-14H2,(H,22,23). The molecule has 1 aliphatic rings. The normalized spacial score (nSPS) is 14.9. The summed E-state index contributed by atoms with van der Waals surface area (Å²) < 4.78 is 0. The topological polar surface area (TPSA) is 40.5 Å². The van der Waals surface area contributed by atoms with Gasteiger partial charge in [-0.05, 0) is 36.1 Å². The maximum atomic E-state index is 10.9. The molecule has 2 aromatic rings. The Labute approximate surface area is 136 Å². The third kappa shape index (κ3) is 3.92. The molecule has 1 fully saturated rings. The van der Waals surface area contributed by atoms with Crippen molar-refractivity contribution >= 4 is 6.09 Å². The molecule has 0 bridgehead atoms. The maximum absolute atomic E-state index is 10.9. The van der Waals surface area contributed by atoms with Crippen molar-refractivity contribution in [3.05, 3.63) is 60.2 Å². The molecular weight excluding hydrogens is 286 g/mol. The van der Waals surface area contributed by atoms with E-state index in [0.29, 0.717) is 13.1 Å². The Hall–Kier alpha value is -2.73. The van der Waals surface area contributed by atoms with Crippen molar-refractivity contribution in [2.45, 2.75) is 12.8 Å². The van der Waals surface area contributed by atoms with Gasteiger partial charge in [-0.15, -0.1) is 0 Å². The third-order valence-electron chi connectivity index (χ3n) is 4.16. The van der Waals surface area contributed by atoms with Crippen LogP contribution in [0.2, 0.25) is 0 Å². The number of amides is 1. The lowest BCUT2D eigenvalue weighted by atomic mass is 9.97. The molecule has 3 nitrogen and oxygen atoms in total. The second-order valence-electron chi connectivity index (χ2n) is 5.76. The van der Waals surface area contributed by atoms with Gasteiger partial charge in [0, 0.05) is 24.6 Å². The van der Waals surface area contributed by atoms with Gasteiger partial charge in [-0.3, -0.25) is 0 Å². The average Bonchev–Trinajstić information content (AvgIpc) is 2.61. The summed E-state index contributed by atoms with van der Waals surface area (Å²) >= 11 is 0. The fourth-order valence-corrected chi connectivity index (χ4v) is 2.81. The lowest BCUT2D eigenvalue weighted by Gasteiger charge is -2.27. The second-order valence-corrected chi connectivity index (χ2v) is 5.76. The molecule has 0 aromatic heterocycles. The van der Waals surface area contributed by atoms with Crippen LogP contribution in [0, 0.1) is 17.8 Å². The van der Waals surface area contributed by atoms with E-state index >= 15 is 0 Å². The first-order chi connectivity index (χ1) is 11.2. The van der Waals surface area contributed by atoms with Crippen LogP contribution in [-0.2, 0) is 0 Å². The molecule has 23 heavy (non-hydrogen) atoms. The fraction of sp³-hybridized carbons (Fsp3) is 0.250. The van der Waals surface area contributed by atoms with Crippen LogP contribution in [0.25, 0.3) is 11.1 Å². The minimum atomic E-state index is -0.827. The second kappa shape index (κ2) is 7.02. The molecule has 1 saturated heterocycles. The lowest BCUT2D eigenvalue weighted by molar-refractivity contribution is 0.130. The van der Waals surface area contributed by atoms with E-state index in [-0.39, 0.29) is 5.92 Å². The van der Waals surface area contributed by atoms with Gasteiger partial charge in [-0.25, -0.2) is 4.79 Å². The predicted molar refractivity (Wildman–Crippen MR) is 91.1 cm³/mol. The molecule has 2 aromatic carbocycles. The summed E-state index contributed by atoms with van der Waals surface area (Å²) in [4.78, 5) is 12.4. The van der Waals surface area contributed by atoms with Gasteiger partial charge in [0.2, 0.25) is 0 Å². The van der Waals surface area contributed by atoms with E-state index in [1.54, 1.807) is 0 Å². The Morgan fingerprint density at radius 3 is 2.39 bits per heavy atom. The third-order valence-corrected chi connectivity index (χ3v) is 4.16. The van der Waals surface area contributed by atoms with E-state index in [4.69, 9.17) is 5.11 Å². The molecule has 1 N–H and O–H groups in total. The van der Waals surface area contributed by atoms with Gasteiger partial charge in [0.15, 0.2) is 0 Å². The number of carboxylic acid groups (broad SMARTS) is 1. The first-order valence-electron chi connectivity index (χ1n) is 7.87. The highest BCUT2D eigenvalue weighted by Crippen LogP contribution is 2.20. The summed E-state index contributed by atoms with van der Waals surface area (Å²) in [5.41, 5.74) is 3.36. The highest BCUT2D eigenvalue weighted by atomic mass is 16.4. The van der Waals surface area contributed by atoms with Crippen LogP contribution in [0.15, 0.2) is 54.6 Å². The number of hydrogen-bond donors (Lipinski definition) is 1. The average molecular weight is 305 g/mol. The molecule has 0 unspecified atom stereocenters. The van der Waals surface area contributed by atoms with Gasteiger partial charge in [0.25, 0.3) is 0 Å². The van der Waals surface area contributed by atoms with Crippen molar-refractivity contribution in [2.75, 3.05) is 13.1 Å². The number of rotatable bonds is 1. The largest absolute Gasteiger partial charge is 0.465 e. The van der Waals surface area contributed by atoms with E-state index in [2.05, 4.69) is 36.1 Å². The number of likely N-dealkylation sites (tertiary alicyclic amines) is 1. The maximum Gasteiger partial charge on any atom is 0.407 e. The highest BCUT2D eigenvalue weighted by Gasteiger charge is 2.20. The first kappa shape index (κ1) is 15.2. The van der Waals surface area contributed by atoms with Crippen LogP contribution < -0.4 is 0 Å². The van der Waals surface area contributed by atoms with Gasteiger partial charge in [0.05, 0.1) is 0 Å². The van der Waals surface area contributed by atoms with E-state index in [9.17, 15) is 4.79 Å². The van der Waals surface area contributed by atoms with Crippen LogP contribution in [0.1, 0.15) is 18.4 Å². The SMILES string of the molecule is O=C(O)N1CCC(C#Cc2cccc(-c3ccccc3)c2)CC1. The van der Waals surface area contributed by atoms with Crippen molar-refractivity contribution in [1.82, 2.24) is 4.90 Å². The summed E-state index contributed by atoms with van der Waals surface area (Å²) in [5, 5.41) is 8.96. The van der Waals surface area contributed by atoms with Crippen LogP contribution in [0.4, 0.5) is 4.79 Å². The Morgan fingerprint density at radius 1 is 1.00 bits per heavy atom. The zero-order valence-corrected chi connectivity index (χ0v) is 12.9. The minimum absolute atomic E-state index is 0.283. The lowest BCUT2D eigenvalue weighted by Crippen LogP contribution is -2.37. The molecular formula is C20H19NO2. The zero-order chi connectivity index (χ0) is 16.1. The summed E-state index contributed by atoms with van der Waals surface area (Å²) in [7, 11) is 0. The van der Waals surface area contributed by atoms with Crippen LogP contribution in [0.5, 0.6) is 0 Å². The molecule has 1 amide bonds. The summed E-state index contributed by atoms with van der Waals surface area (Å²) in [5.74, 6) is 6.84. The molecule has 3 heteroatoms. The number of nitrogens with zero attached hydrogens (tertiary/aromatic N) is 1. The predicted octanol–water partition coefficient (Wildman–Crippen LogP) is 4.10. The van der Waals surface area contributed by atoms with E-state index in [0.717, 1.165) is 24.0 Å². The fourth-order valence-electron chi connectivity index (χ4n) is 2.81. The molecule has 1 aliphatic heterocycles. The van der Waals surface area contributed by atoms with E-state index in [1.807, 2.05) is 30.3 Å². The summed E-state index contributed by atoms with van der Waals surface area (Å²) in [6.45, 7) is 1.16.